The Labute approximate surface area is 169 Å². The Morgan fingerprint density at radius 1 is 1.33 bits per heavy atom. The van der Waals surface area contributed by atoms with E-state index >= 15 is 0 Å². The van der Waals surface area contributed by atoms with Gasteiger partial charge in [0.25, 0.3) is 0 Å². The summed E-state index contributed by atoms with van der Waals surface area (Å²) in [5.41, 5.74) is 0. The van der Waals surface area contributed by atoms with Crippen LogP contribution in [0.5, 0.6) is 0 Å². The highest BCUT2D eigenvalue weighted by atomic mass is 127. The molecule has 2 heterocycles. The van der Waals surface area contributed by atoms with Gasteiger partial charge in [-0.2, -0.15) is 11.8 Å². The number of aromatic nitrogens is 3. The van der Waals surface area contributed by atoms with E-state index in [1.807, 2.05) is 30.3 Å². The monoisotopic (exact) mass is 480 g/mol. The third-order valence-corrected chi connectivity index (χ3v) is 4.95. The minimum absolute atomic E-state index is 0. The molecule has 0 radical (unpaired) electrons. The lowest BCUT2D eigenvalue weighted by atomic mass is 10.3. The van der Waals surface area contributed by atoms with Gasteiger partial charge < -0.3 is 15.2 Å². The average Bonchev–Trinajstić information content (AvgIpc) is 3.17. The number of guanidine groups is 1. The van der Waals surface area contributed by atoms with E-state index in [4.69, 9.17) is 0 Å². The third-order valence-electron chi connectivity index (χ3n) is 3.40. The molecule has 9 heteroatoms. The second-order valence-electron chi connectivity index (χ2n) is 5.06. The zero-order valence-electron chi connectivity index (χ0n) is 14.3. The van der Waals surface area contributed by atoms with Gasteiger partial charge >= 0.3 is 0 Å². The van der Waals surface area contributed by atoms with Crippen molar-refractivity contribution >= 4 is 53.0 Å². The van der Waals surface area contributed by atoms with E-state index in [0.717, 1.165) is 42.9 Å². The predicted octanol–water partition coefficient (Wildman–Crippen LogP) is 2.44. The van der Waals surface area contributed by atoms with Crippen molar-refractivity contribution in [1.29, 1.82) is 0 Å². The first kappa shape index (κ1) is 21.2. The molecule has 0 saturated carbocycles. The van der Waals surface area contributed by atoms with Gasteiger partial charge in [-0.05, 0) is 31.0 Å². The Hall–Kier alpha value is -0.810. The molecular formula is C15H25IN6S2. The Morgan fingerprint density at radius 3 is 2.75 bits per heavy atom. The van der Waals surface area contributed by atoms with Crippen molar-refractivity contribution in [2.45, 2.75) is 19.9 Å². The highest BCUT2D eigenvalue weighted by Crippen LogP contribution is 2.08. The summed E-state index contributed by atoms with van der Waals surface area (Å²) in [6.07, 6.45) is 3.11. The number of aryl methyl sites for hydroxylation is 1. The summed E-state index contributed by atoms with van der Waals surface area (Å²) in [5.74, 6) is 3.65. The van der Waals surface area contributed by atoms with Crippen molar-refractivity contribution in [3.8, 4) is 0 Å². The van der Waals surface area contributed by atoms with E-state index in [-0.39, 0.29) is 24.0 Å². The van der Waals surface area contributed by atoms with Crippen LogP contribution in [0.3, 0.4) is 0 Å². The van der Waals surface area contributed by atoms with Gasteiger partial charge in [0.15, 0.2) is 11.8 Å². The Morgan fingerprint density at radius 2 is 2.12 bits per heavy atom. The predicted molar refractivity (Wildman–Crippen MR) is 115 cm³/mol. The molecule has 0 amide bonds. The van der Waals surface area contributed by atoms with Crippen molar-refractivity contribution in [2.24, 2.45) is 12.0 Å². The Kier molecular flexibility index (Phi) is 10.3. The molecule has 0 fully saturated rings. The van der Waals surface area contributed by atoms with E-state index in [1.54, 1.807) is 11.3 Å². The molecule has 2 rings (SSSR count). The molecule has 2 aromatic rings. The molecule has 0 aliphatic carbocycles. The summed E-state index contributed by atoms with van der Waals surface area (Å²) >= 11 is 3.60. The molecule has 24 heavy (non-hydrogen) atoms. The second kappa shape index (κ2) is 11.7. The molecule has 2 N–H and O–H groups in total. The lowest BCUT2D eigenvalue weighted by molar-refractivity contribution is 0.755. The van der Waals surface area contributed by atoms with E-state index < -0.39 is 0 Å². The summed E-state index contributed by atoms with van der Waals surface area (Å²) in [7, 11) is 1.96. The van der Waals surface area contributed by atoms with Crippen LogP contribution in [0.25, 0.3) is 0 Å². The number of halogens is 1. The summed E-state index contributed by atoms with van der Waals surface area (Å²) < 4.78 is 1.97. The smallest absolute Gasteiger partial charge is 0.191 e. The minimum Gasteiger partial charge on any atom is -0.356 e. The van der Waals surface area contributed by atoms with Crippen molar-refractivity contribution in [2.75, 3.05) is 25.1 Å². The van der Waals surface area contributed by atoms with Gasteiger partial charge in [0, 0.05) is 30.8 Å². The summed E-state index contributed by atoms with van der Waals surface area (Å²) in [6, 6.07) is 4.24. The summed E-state index contributed by atoms with van der Waals surface area (Å²) in [6.45, 7) is 4.22. The lowest BCUT2D eigenvalue weighted by Crippen LogP contribution is -2.39. The fourth-order valence-electron chi connectivity index (χ4n) is 1.94. The first-order valence-corrected chi connectivity index (χ1v) is 9.86. The zero-order chi connectivity index (χ0) is 16.5. The van der Waals surface area contributed by atoms with Gasteiger partial charge in [0.1, 0.15) is 12.4 Å². The third kappa shape index (κ3) is 6.98. The van der Waals surface area contributed by atoms with Crippen LogP contribution in [0.2, 0.25) is 0 Å². The minimum atomic E-state index is 0. The summed E-state index contributed by atoms with van der Waals surface area (Å²) in [5, 5.41) is 17.1. The molecule has 0 bridgehead atoms. The first-order chi connectivity index (χ1) is 11.2. The fraction of sp³-hybridized carbons (Fsp3) is 0.533. The SMILES string of the molecule is CSCCNC(=NCc1nnc(C)n1C)NCCc1cccs1.I. The molecule has 6 nitrogen and oxygen atoms in total. The van der Waals surface area contributed by atoms with Crippen LogP contribution < -0.4 is 10.6 Å². The molecule has 0 aliphatic heterocycles. The molecule has 0 atom stereocenters. The number of thioether (sulfide) groups is 1. The van der Waals surface area contributed by atoms with Crippen molar-refractivity contribution < 1.29 is 0 Å². The molecule has 0 aliphatic rings. The molecule has 0 aromatic carbocycles. The first-order valence-electron chi connectivity index (χ1n) is 7.59. The van der Waals surface area contributed by atoms with Crippen LogP contribution in [0.1, 0.15) is 16.5 Å². The molecule has 0 unspecified atom stereocenters. The van der Waals surface area contributed by atoms with Crippen LogP contribution in [-0.4, -0.2) is 45.8 Å². The van der Waals surface area contributed by atoms with Gasteiger partial charge in [0.05, 0.1) is 0 Å². The largest absolute Gasteiger partial charge is 0.356 e. The van der Waals surface area contributed by atoms with Crippen LogP contribution >= 0.6 is 47.1 Å². The normalized spacial score (nSPS) is 11.2. The number of rotatable bonds is 8. The number of hydrogen-bond donors (Lipinski definition) is 2. The van der Waals surface area contributed by atoms with Gasteiger partial charge in [-0.15, -0.1) is 45.5 Å². The van der Waals surface area contributed by atoms with E-state index in [0.29, 0.717) is 6.54 Å². The van der Waals surface area contributed by atoms with Crippen molar-refractivity contribution in [1.82, 2.24) is 25.4 Å². The molecule has 2 aromatic heterocycles. The van der Waals surface area contributed by atoms with E-state index in [1.165, 1.54) is 4.88 Å². The standard InChI is InChI=1S/C15H24N6S2.HI/c1-12-19-20-14(21(12)2)11-18-15(17-8-10-22-3)16-7-6-13-5-4-9-23-13;/h4-5,9H,6-8,10-11H2,1-3H3,(H2,16,17,18);1H. The second-order valence-corrected chi connectivity index (χ2v) is 7.08. The number of hydrogen-bond acceptors (Lipinski definition) is 5. The Bertz CT molecular complexity index is 612. The molecule has 134 valence electrons. The Balaban J connectivity index is 0.00000288. The number of nitrogens with one attached hydrogen (secondary N) is 2. The molecule has 0 spiro atoms. The van der Waals surface area contributed by atoms with E-state index in [2.05, 4.69) is 49.6 Å². The van der Waals surface area contributed by atoms with Gasteiger partial charge in [0.2, 0.25) is 0 Å². The van der Waals surface area contributed by atoms with Crippen LogP contribution in [0, 0.1) is 6.92 Å². The van der Waals surface area contributed by atoms with Gasteiger partial charge in [-0.3, -0.25) is 0 Å². The number of aliphatic imine (C=N–C) groups is 1. The van der Waals surface area contributed by atoms with Gasteiger partial charge in [-0.25, -0.2) is 4.99 Å². The molecule has 0 saturated heterocycles. The number of thiophene rings is 1. The van der Waals surface area contributed by atoms with Crippen LogP contribution in [0.4, 0.5) is 0 Å². The van der Waals surface area contributed by atoms with Gasteiger partial charge in [-0.1, -0.05) is 6.07 Å². The maximum atomic E-state index is 4.62. The summed E-state index contributed by atoms with van der Waals surface area (Å²) in [4.78, 5) is 6.00. The number of nitrogens with zero attached hydrogens (tertiary/aromatic N) is 4. The highest BCUT2D eigenvalue weighted by molar-refractivity contribution is 14.0. The quantitative estimate of drug-likeness (QED) is 0.263. The maximum Gasteiger partial charge on any atom is 0.191 e. The van der Waals surface area contributed by atoms with E-state index in [9.17, 15) is 0 Å². The zero-order valence-corrected chi connectivity index (χ0v) is 18.2. The topological polar surface area (TPSA) is 67.1 Å². The average molecular weight is 480 g/mol. The van der Waals surface area contributed by atoms with Crippen molar-refractivity contribution in [3.05, 3.63) is 34.0 Å². The van der Waals surface area contributed by atoms with Crippen LogP contribution in [-0.2, 0) is 20.0 Å². The highest BCUT2D eigenvalue weighted by Gasteiger charge is 2.05. The fourth-order valence-corrected chi connectivity index (χ4v) is 2.96. The lowest BCUT2D eigenvalue weighted by Gasteiger charge is -2.12. The maximum absolute atomic E-state index is 4.62. The molecular weight excluding hydrogens is 455 g/mol. The van der Waals surface area contributed by atoms with Crippen molar-refractivity contribution in [3.63, 3.8) is 0 Å². The van der Waals surface area contributed by atoms with Crippen LogP contribution in [0.15, 0.2) is 22.5 Å².